The Morgan fingerprint density at radius 1 is 0.962 bits per heavy atom. The molecule has 1 amide bonds. The standard InChI is InChI=1S/C18H18N2O5S/c21-17(20-10-1-2-11-20)13-6-8-15(9-7-13)19-26(24,25)16-5-3-4-14(12-16)18(22)23/h3-9,12,19H,1-2,10-11H2,(H,22,23). The fraction of sp³-hybridized carbons (Fsp3) is 0.222. The summed E-state index contributed by atoms with van der Waals surface area (Å²) < 4.78 is 27.2. The average molecular weight is 374 g/mol. The molecular weight excluding hydrogens is 356 g/mol. The van der Waals surface area contributed by atoms with Crippen molar-refractivity contribution in [2.24, 2.45) is 0 Å². The third-order valence-corrected chi connectivity index (χ3v) is 5.55. The maximum atomic E-state index is 12.4. The Labute approximate surface area is 151 Å². The van der Waals surface area contributed by atoms with Gasteiger partial charge in [0.05, 0.1) is 10.5 Å². The highest BCUT2D eigenvalue weighted by Crippen LogP contribution is 2.19. The summed E-state index contributed by atoms with van der Waals surface area (Å²) in [6.45, 7) is 1.49. The summed E-state index contributed by atoms with van der Waals surface area (Å²) in [5, 5.41) is 8.99. The summed E-state index contributed by atoms with van der Waals surface area (Å²) in [5.41, 5.74) is 0.686. The molecule has 136 valence electrons. The number of carboxylic acids is 1. The van der Waals surface area contributed by atoms with Crippen molar-refractivity contribution in [2.75, 3.05) is 17.8 Å². The third-order valence-electron chi connectivity index (χ3n) is 4.17. The average Bonchev–Trinajstić information content (AvgIpc) is 3.16. The Hall–Kier alpha value is -2.87. The van der Waals surface area contributed by atoms with E-state index in [4.69, 9.17) is 5.11 Å². The second kappa shape index (κ2) is 7.17. The first-order valence-electron chi connectivity index (χ1n) is 8.12. The minimum Gasteiger partial charge on any atom is -0.478 e. The number of carboxylic acid groups (broad SMARTS) is 1. The highest BCUT2D eigenvalue weighted by Gasteiger charge is 2.20. The van der Waals surface area contributed by atoms with Gasteiger partial charge in [-0.1, -0.05) is 6.07 Å². The second-order valence-electron chi connectivity index (χ2n) is 6.02. The smallest absolute Gasteiger partial charge is 0.335 e. The van der Waals surface area contributed by atoms with E-state index in [9.17, 15) is 18.0 Å². The van der Waals surface area contributed by atoms with Gasteiger partial charge < -0.3 is 10.0 Å². The molecule has 8 heteroatoms. The predicted octanol–water partition coefficient (Wildman–Crippen LogP) is 2.42. The van der Waals surface area contributed by atoms with Gasteiger partial charge in [-0.3, -0.25) is 9.52 Å². The summed E-state index contributed by atoms with van der Waals surface area (Å²) in [6, 6.07) is 11.3. The molecule has 0 spiro atoms. The fourth-order valence-corrected chi connectivity index (χ4v) is 3.90. The molecule has 26 heavy (non-hydrogen) atoms. The quantitative estimate of drug-likeness (QED) is 0.836. The largest absolute Gasteiger partial charge is 0.478 e. The molecule has 0 atom stereocenters. The number of carbonyl (C=O) groups excluding carboxylic acids is 1. The molecule has 0 saturated carbocycles. The van der Waals surface area contributed by atoms with Gasteiger partial charge in [0.2, 0.25) is 0 Å². The second-order valence-corrected chi connectivity index (χ2v) is 7.70. The predicted molar refractivity (Wildman–Crippen MR) is 95.8 cm³/mol. The van der Waals surface area contributed by atoms with E-state index in [1.165, 1.54) is 30.3 Å². The number of sulfonamides is 1. The van der Waals surface area contributed by atoms with Crippen molar-refractivity contribution < 1.29 is 23.1 Å². The number of benzene rings is 2. The summed E-state index contributed by atoms with van der Waals surface area (Å²) in [7, 11) is -3.93. The zero-order valence-electron chi connectivity index (χ0n) is 13.9. The Bertz CT molecular complexity index is 932. The van der Waals surface area contributed by atoms with Crippen LogP contribution in [0.5, 0.6) is 0 Å². The minimum absolute atomic E-state index is 0.0638. The van der Waals surface area contributed by atoms with E-state index in [1.54, 1.807) is 17.0 Å². The van der Waals surface area contributed by atoms with Gasteiger partial charge >= 0.3 is 5.97 Å². The Kier molecular flexibility index (Phi) is 4.94. The third kappa shape index (κ3) is 3.85. The first-order chi connectivity index (χ1) is 12.4. The van der Waals surface area contributed by atoms with Crippen LogP contribution in [-0.4, -0.2) is 43.4 Å². The summed E-state index contributed by atoms with van der Waals surface area (Å²) in [4.78, 5) is 24.9. The molecule has 0 bridgehead atoms. The number of aromatic carboxylic acids is 1. The van der Waals surface area contributed by atoms with Crippen molar-refractivity contribution in [3.05, 3.63) is 59.7 Å². The van der Waals surface area contributed by atoms with Crippen LogP contribution in [0.3, 0.4) is 0 Å². The molecule has 1 fully saturated rings. The molecular formula is C18H18N2O5S. The number of nitrogens with zero attached hydrogens (tertiary/aromatic N) is 1. The first-order valence-corrected chi connectivity index (χ1v) is 9.61. The number of hydrogen-bond donors (Lipinski definition) is 2. The number of nitrogens with one attached hydrogen (secondary N) is 1. The van der Waals surface area contributed by atoms with Crippen molar-refractivity contribution in [2.45, 2.75) is 17.7 Å². The highest BCUT2D eigenvalue weighted by atomic mass is 32.2. The van der Waals surface area contributed by atoms with Crippen molar-refractivity contribution in [1.82, 2.24) is 4.90 Å². The van der Waals surface area contributed by atoms with E-state index >= 15 is 0 Å². The van der Waals surface area contributed by atoms with Gasteiger partial charge in [-0.25, -0.2) is 13.2 Å². The van der Waals surface area contributed by atoms with Crippen LogP contribution in [0.15, 0.2) is 53.4 Å². The maximum absolute atomic E-state index is 12.4. The maximum Gasteiger partial charge on any atom is 0.335 e. The van der Waals surface area contributed by atoms with Gasteiger partial charge in [-0.15, -0.1) is 0 Å². The van der Waals surface area contributed by atoms with Gasteiger partial charge in [0.15, 0.2) is 0 Å². The van der Waals surface area contributed by atoms with Gasteiger partial charge in [0.25, 0.3) is 15.9 Å². The number of hydrogen-bond acceptors (Lipinski definition) is 4. The zero-order valence-corrected chi connectivity index (χ0v) is 14.7. The SMILES string of the molecule is O=C(O)c1cccc(S(=O)(=O)Nc2ccc(C(=O)N3CCCC3)cc2)c1. The van der Waals surface area contributed by atoms with Crippen molar-refractivity contribution >= 4 is 27.6 Å². The topological polar surface area (TPSA) is 104 Å². The van der Waals surface area contributed by atoms with Crippen molar-refractivity contribution in [1.29, 1.82) is 0 Å². The Morgan fingerprint density at radius 3 is 2.23 bits per heavy atom. The minimum atomic E-state index is -3.93. The lowest BCUT2D eigenvalue weighted by Gasteiger charge is -2.15. The molecule has 0 unspecified atom stereocenters. The van der Waals surface area contributed by atoms with Crippen LogP contribution in [0.4, 0.5) is 5.69 Å². The van der Waals surface area contributed by atoms with E-state index in [2.05, 4.69) is 4.72 Å². The lowest BCUT2D eigenvalue weighted by molar-refractivity contribution is 0.0695. The van der Waals surface area contributed by atoms with E-state index in [0.717, 1.165) is 32.0 Å². The van der Waals surface area contributed by atoms with Gasteiger partial charge in [0.1, 0.15) is 0 Å². The van der Waals surface area contributed by atoms with Crippen LogP contribution in [0.1, 0.15) is 33.6 Å². The van der Waals surface area contributed by atoms with Crippen molar-refractivity contribution in [3.8, 4) is 0 Å². The van der Waals surface area contributed by atoms with E-state index in [-0.39, 0.29) is 16.4 Å². The number of carbonyl (C=O) groups is 2. The zero-order chi connectivity index (χ0) is 18.7. The summed E-state index contributed by atoms with van der Waals surface area (Å²) in [6.07, 6.45) is 2.00. The van der Waals surface area contributed by atoms with E-state index in [0.29, 0.717) is 11.3 Å². The molecule has 2 aromatic carbocycles. The lowest BCUT2D eigenvalue weighted by atomic mass is 10.2. The van der Waals surface area contributed by atoms with Gasteiger partial charge in [-0.05, 0) is 55.3 Å². The monoisotopic (exact) mass is 374 g/mol. The molecule has 0 aliphatic carbocycles. The highest BCUT2D eigenvalue weighted by molar-refractivity contribution is 7.92. The summed E-state index contributed by atoms with van der Waals surface area (Å²) >= 11 is 0. The molecule has 1 heterocycles. The Balaban J connectivity index is 1.76. The van der Waals surface area contributed by atoms with Crippen molar-refractivity contribution in [3.63, 3.8) is 0 Å². The summed E-state index contributed by atoms with van der Waals surface area (Å²) in [5.74, 6) is -1.27. The molecule has 0 radical (unpaired) electrons. The van der Waals surface area contributed by atoms with Gasteiger partial charge in [-0.2, -0.15) is 0 Å². The number of anilines is 1. The molecule has 3 rings (SSSR count). The molecule has 1 aliphatic rings. The van der Waals surface area contributed by atoms with Gasteiger partial charge in [0, 0.05) is 24.3 Å². The number of likely N-dealkylation sites (tertiary alicyclic amines) is 1. The van der Waals surface area contributed by atoms with E-state index < -0.39 is 16.0 Å². The van der Waals surface area contributed by atoms with Crippen LogP contribution >= 0.6 is 0 Å². The first kappa shape index (κ1) is 17.9. The fourth-order valence-electron chi connectivity index (χ4n) is 2.79. The Morgan fingerprint density at radius 2 is 1.62 bits per heavy atom. The lowest BCUT2D eigenvalue weighted by Crippen LogP contribution is -2.27. The molecule has 7 nitrogen and oxygen atoms in total. The molecule has 1 saturated heterocycles. The van der Waals surface area contributed by atoms with E-state index in [1.807, 2.05) is 0 Å². The van der Waals surface area contributed by atoms with Crippen LogP contribution in [0.2, 0.25) is 0 Å². The van der Waals surface area contributed by atoms with Crippen LogP contribution < -0.4 is 4.72 Å². The molecule has 2 aromatic rings. The molecule has 2 N–H and O–H groups in total. The number of amides is 1. The molecule has 1 aliphatic heterocycles. The normalized spacial score (nSPS) is 14.2. The van der Waals surface area contributed by atoms with Crippen LogP contribution in [-0.2, 0) is 10.0 Å². The van der Waals surface area contributed by atoms with Crippen LogP contribution in [0, 0.1) is 0 Å². The molecule has 0 aromatic heterocycles. The van der Waals surface area contributed by atoms with Crippen LogP contribution in [0.25, 0.3) is 0 Å². The number of rotatable bonds is 5.